The SMILES string of the molecule is CCC(CNC(C)(C)C)Oc1ccc(C(C)(C)C)cc1. The Bertz CT molecular complexity index is 395. The summed E-state index contributed by atoms with van der Waals surface area (Å²) in [5.74, 6) is 0.959. The zero-order chi connectivity index (χ0) is 15.4. The molecule has 0 saturated carbocycles. The Balaban J connectivity index is 2.62. The van der Waals surface area contributed by atoms with Crippen LogP contribution < -0.4 is 10.1 Å². The molecule has 1 rings (SSSR count). The average molecular weight is 277 g/mol. The Morgan fingerprint density at radius 2 is 1.55 bits per heavy atom. The van der Waals surface area contributed by atoms with Crippen LogP contribution in [0.25, 0.3) is 0 Å². The fraction of sp³-hybridized carbons (Fsp3) is 0.667. The third kappa shape index (κ3) is 5.96. The summed E-state index contributed by atoms with van der Waals surface area (Å²) in [5, 5.41) is 3.50. The van der Waals surface area contributed by atoms with Crippen molar-refractivity contribution in [3.05, 3.63) is 29.8 Å². The summed E-state index contributed by atoms with van der Waals surface area (Å²) in [6.07, 6.45) is 1.22. The van der Waals surface area contributed by atoms with Gasteiger partial charge in [-0.25, -0.2) is 0 Å². The fourth-order valence-corrected chi connectivity index (χ4v) is 1.92. The van der Waals surface area contributed by atoms with E-state index in [1.165, 1.54) is 5.56 Å². The van der Waals surface area contributed by atoms with Crippen molar-refractivity contribution in [2.24, 2.45) is 0 Å². The van der Waals surface area contributed by atoms with Crippen LogP contribution in [0.4, 0.5) is 0 Å². The normalized spacial score (nSPS) is 14.2. The molecular formula is C18H31NO. The molecule has 1 unspecified atom stereocenters. The molecule has 0 aromatic heterocycles. The monoisotopic (exact) mass is 277 g/mol. The molecular weight excluding hydrogens is 246 g/mol. The number of rotatable bonds is 5. The first-order valence-electron chi connectivity index (χ1n) is 7.64. The summed E-state index contributed by atoms with van der Waals surface area (Å²) in [7, 11) is 0. The topological polar surface area (TPSA) is 21.3 Å². The van der Waals surface area contributed by atoms with Crippen LogP contribution in [-0.4, -0.2) is 18.2 Å². The van der Waals surface area contributed by atoms with E-state index in [2.05, 4.69) is 78.0 Å². The predicted molar refractivity (Wildman–Crippen MR) is 87.6 cm³/mol. The molecule has 2 nitrogen and oxygen atoms in total. The molecule has 0 radical (unpaired) electrons. The maximum Gasteiger partial charge on any atom is 0.119 e. The zero-order valence-electron chi connectivity index (χ0n) is 14.2. The van der Waals surface area contributed by atoms with Crippen LogP contribution in [0.1, 0.15) is 60.5 Å². The summed E-state index contributed by atoms with van der Waals surface area (Å²) in [4.78, 5) is 0. The molecule has 114 valence electrons. The first-order chi connectivity index (χ1) is 9.12. The van der Waals surface area contributed by atoms with Crippen LogP contribution in [0.5, 0.6) is 5.75 Å². The highest BCUT2D eigenvalue weighted by atomic mass is 16.5. The average Bonchev–Trinajstić information content (AvgIpc) is 2.33. The minimum absolute atomic E-state index is 0.132. The molecule has 20 heavy (non-hydrogen) atoms. The molecule has 0 bridgehead atoms. The summed E-state index contributed by atoms with van der Waals surface area (Å²) in [6, 6.07) is 8.50. The van der Waals surface area contributed by atoms with E-state index in [4.69, 9.17) is 4.74 Å². The van der Waals surface area contributed by atoms with E-state index < -0.39 is 0 Å². The van der Waals surface area contributed by atoms with Gasteiger partial charge in [0.05, 0.1) is 0 Å². The van der Waals surface area contributed by atoms with Gasteiger partial charge in [-0.1, -0.05) is 39.8 Å². The molecule has 1 atom stereocenters. The van der Waals surface area contributed by atoms with Crippen LogP contribution >= 0.6 is 0 Å². The largest absolute Gasteiger partial charge is 0.489 e. The maximum absolute atomic E-state index is 6.06. The highest BCUT2D eigenvalue weighted by Crippen LogP contribution is 2.24. The third-order valence-electron chi connectivity index (χ3n) is 3.34. The van der Waals surface area contributed by atoms with Gasteiger partial charge in [0.1, 0.15) is 11.9 Å². The van der Waals surface area contributed by atoms with Crippen molar-refractivity contribution < 1.29 is 4.74 Å². The van der Waals surface area contributed by atoms with Crippen LogP contribution in [0.2, 0.25) is 0 Å². The standard InChI is InChI=1S/C18H31NO/c1-8-15(13-19-18(5,6)7)20-16-11-9-14(10-12-16)17(2,3)4/h9-12,15,19H,8,13H2,1-7H3. The molecule has 0 amide bonds. The van der Waals surface area contributed by atoms with Crippen molar-refractivity contribution in [3.8, 4) is 5.75 Å². The second-order valence-corrected chi connectivity index (χ2v) is 7.55. The molecule has 0 fully saturated rings. The smallest absolute Gasteiger partial charge is 0.119 e. The van der Waals surface area contributed by atoms with Crippen molar-refractivity contribution in [2.75, 3.05) is 6.54 Å². The lowest BCUT2D eigenvalue weighted by molar-refractivity contribution is 0.181. The van der Waals surface area contributed by atoms with E-state index in [9.17, 15) is 0 Å². The third-order valence-corrected chi connectivity index (χ3v) is 3.34. The predicted octanol–water partition coefficient (Wildman–Crippen LogP) is 4.53. The minimum atomic E-state index is 0.132. The van der Waals surface area contributed by atoms with Gasteiger partial charge in [0.15, 0.2) is 0 Å². The lowest BCUT2D eigenvalue weighted by Crippen LogP contribution is -2.42. The van der Waals surface area contributed by atoms with Gasteiger partial charge in [-0.2, -0.15) is 0 Å². The molecule has 1 N–H and O–H groups in total. The van der Waals surface area contributed by atoms with Crippen LogP contribution in [0.3, 0.4) is 0 Å². The second-order valence-electron chi connectivity index (χ2n) is 7.55. The van der Waals surface area contributed by atoms with E-state index >= 15 is 0 Å². The lowest BCUT2D eigenvalue weighted by atomic mass is 9.87. The molecule has 0 saturated heterocycles. The summed E-state index contributed by atoms with van der Waals surface area (Å²) in [6.45, 7) is 16.3. The van der Waals surface area contributed by atoms with Gasteiger partial charge in [-0.15, -0.1) is 0 Å². The number of ether oxygens (including phenoxy) is 1. The Kier molecular flexibility index (Phi) is 5.64. The molecule has 0 aliphatic carbocycles. The van der Waals surface area contributed by atoms with Gasteiger partial charge in [-0.05, 0) is 50.3 Å². The second kappa shape index (κ2) is 6.62. The first-order valence-corrected chi connectivity index (χ1v) is 7.64. The van der Waals surface area contributed by atoms with Crippen molar-refractivity contribution >= 4 is 0 Å². The summed E-state index contributed by atoms with van der Waals surface area (Å²) in [5.41, 5.74) is 1.66. The molecule has 1 aromatic carbocycles. The van der Waals surface area contributed by atoms with Gasteiger partial charge in [0.25, 0.3) is 0 Å². The maximum atomic E-state index is 6.06. The quantitative estimate of drug-likeness (QED) is 0.853. The Morgan fingerprint density at radius 1 is 1.00 bits per heavy atom. The van der Waals surface area contributed by atoms with E-state index in [-0.39, 0.29) is 17.1 Å². The Labute approximate surface area is 124 Å². The van der Waals surface area contributed by atoms with Crippen LogP contribution in [0, 0.1) is 0 Å². The van der Waals surface area contributed by atoms with Gasteiger partial charge < -0.3 is 10.1 Å². The van der Waals surface area contributed by atoms with Gasteiger partial charge in [-0.3, -0.25) is 0 Å². The first kappa shape index (κ1) is 17.0. The number of nitrogens with one attached hydrogen (secondary N) is 1. The summed E-state index contributed by atoms with van der Waals surface area (Å²) >= 11 is 0. The van der Waals surface area contributed by atoms with Gasteiger partial charge in [0.2, 0.25) is 0 Å². The zero-order valence-corrected chi connectivity index (χ0v) is 14.2. The molecule has 2 heteroatoms. The Morgan fingerprint density at radius 3 is 1.95 bits per heavy atom. The molecule has 0 aliphatic heterocycles. The highest BCUT2D eigenvalue weighted by molar-refractivity contribution is 5.31. The van der Waals surface area contributed by atoms with Gasteiger partial charge >= 0.3 is 0 Å². The van der Waals surface area contributed by atoms with Crippen LogP contribution in [-0.2, 0) is 5.41 Å². The van der Waals surface area contributed by atoms with Crippen molar-refractivity contribution in [1.82, 2.24) is 5.32 Å². The number of hydrogen-bond donors (Lipinski definition) is 1. The van der Waals surface area contributed by atoms with Crippen molar-refractivity contribution in [2.45, 2.75) is 71.9 Å². The van der Waals surface area contributed by atoms with Gasteiger partial charge in [0, 0.05) is 12.1 Å². The molecule has 0 heterocycles. The van der Waals surface area contributed by atoms with Crippen LogP contribution in [0.15, 0.2) is 24.3 Å². The fourth-order valence-electron chi connectivity index (χ4n) is 1.92. The van der Waals surface area contributed by atoms with E-state index in [0.717, 1.165) is 18.7 Å². The molecule has 1 aromatic rings. The molecule has 0 aliphatic rings. The van der Waals surface area contributed by atoms with E-state index in [1.54, 1.807) is 0 Å². The molecule has 0 spiro atoms. The number of benzene rings is 1. The van der Waals surface area contributed by atoms with E-state index in [1.807, 2.05) is 0 Å². The van der Waals surface area contributed by atoms with Crippen molar-refractivity contribution in [3.63, 3.8) is 0 Å². The Hall–Kier alpha value is -1.02. The highest BCUT2D eigenvalue weighted by Gasteiger charge is 2.16. The lowest BCUT2D eigenvalue weighted by Gasteiger charge is -2.26. The van der Waals surface area contributed by atoms with Crippen molar-refractivity contribution in [1.29, 1.82) is 0 Å². The summed E-state index contributed by atoms with van der Waals surface area (Å²) < 4.78 is 6.06. The van der Waals surface area contributed by atoms with E-state index in [0.29, 0.717) is 0 Å². The number of hydrogen-bond acceptors (Lipinski definition) is 2. The minimum Gasteiger partial charge on any atom is -0.489 e.